The number of hydrogen-bond acceptors (Lipinski definition) is 4. The lowest BCUT2D eigenvalue weighted by molar-refractivity contribution is 1.01. The molecule has 4 rings (SSSR count). The first-order valence-electron chi connectivity index (χ1n) is 10.3. The first-order valence-corrected chi connectivity index (χ1v) is 10.3. The summed E-state index contributed by atoms with van der Waals surface area (Å²) in [5.41, 5.74) is 8.70. The number of benzene rings is 2. The molecule has 2 heterocycles. The van der Waals surface area contributed by atoms with Gasteiger partial charge in [0.25, 0.3) is 0 Å². The minimum atomic E-state index is 0.552. The Labute approximate surface area is 177 Å². The van der Waals surface area contributed by atoms with Crippen molar-refractivity contribution in [3.05, 3.63) is 82.8 Å². The van der Waals surface area contributed by atoms with Gasteiger partial charge in [0.2, 0.25) is 11.9 Å². The van der Waals surface area contributed by atoms with Gasteiger partial charge in [0.15, 0.2) is 0 Å². The molecular weight excluding hydrogens is 370 g/mol. The summed E-state index contributed by atoms with van der Waals surface area (Å²) in [4.78, 5) is 13.9. The molecule has 0 saturated heterocycles. The second kappa shape index (κ2) is 8.11. The molecule has 2 aromatic heterocycles. The van der Waals surface area contributed by atoms with Crippen molar-refractivity contribution in [1.29, 1.82) is 0 Å². The lowest BCUT2D eigenvalue weighted by Crippen LogP contribution is -2.05. The van der Waals surface area contributed by atoms with E-state index in [2.05, 4.69) is 89.3 Å². The fourth-order valence-corrected chi connectivity index (χ4v) is 3.47. The predicted molar refractivity (Wildman–Crippen MR) is 123 cm³/mol. The molecule has 0 amide bonds. The Morgan fingerprint density at radius 1 is 0.800 bits per heavy atom. The van der Waals surface area contributed by atoms with Gasteiger partial charge in [-0.15, -0.1) is 0 Å². The largest absolute Gasteiger partial charge is 0.294 e. The van der Waals surface area contributed by atoms with Gasteiger partial charge in [0.05, 0.1) is 5.69 Å². The number of anilines is 2. The normalized spacial score (nSPS) is 11.0. The van der Waals surface area contributed by atoms with Crippen LogP contribution in [0.4, 0.5) is 11.9 Å². The molecule has 2 aromatic carbocycles. The highest BCUT2D eigenvalue weighted by Crippen LogP contribution is 2.27. The third-order valence-corrected chi connectivity index (χ3v) is 5.34. The lowest BCUT2D eigenvalue weighted by Gasteiger charge is -2.11. The molecule has 0 aliphatic carbocycles. The molecule has 152 valence electrons. The molecule has 0 atom stereocenters. The highest BCUT2D eigenvalue weighted by Gasteiger charge is 2.14. The number of rotatable bonds is 5. The second-order valence-electron chi connectivity index (χ2n) is 7.74. The average molecular weight is 398 g/mol. The minimum Gasteiger partial charge on any atom is -0.294 e. The van der Waals surface area contributed by atoms with E-state index in [1.807, 2.05) is 19.9 Å². The van der Waals surface area contributed by atoms with Crippen molar-refractivity contribution in [2.75, 3.05) is 5.32 Å². The zero-order valence-electron chi connectivity index (χ0n) is 18.2. The van der Waals surface area contributed by atoms with Crippen LogP contribution in [-0.2, 0) is 6.42 Å². The Morgan fingerprint density at radius 3 is 2.13 bits per heavy atom. The van der Waals surface area contributed by atoms with E-state index in [0.29, 0.717) is 11.9 Å². The molecule has 1 N–H and O–H groups in total. The van der Waals surface area contributed by atoms with Gasteiger partial charge in [-0.1, -0.05) is 37.3 Å². The highest BCUT2D eigenvalue weighted by atomic mass is 15.3. The van der Waals surface area contributed by atoms with E-state index in [1.54, 1.807) is 0 Å². The van der Waals surface area contributed by atoms with E-state index in [0.717, 1.165) is 34.8 Å². The first-order chi connectivity index (χ1) is 14.4. The summed E-state index contributed by atoms with van der Waals surface area (Å²) in [6.07, 6.45) is 3.09. The Morgan fingerprint density at radius 2 is 1.50 bits per heavy atom. The van der Waals surface area contributed by atoms with Crippen molar-refractivity contribution in [3.8, 4) is 16.9 Å². The van der Waals surface area contributed by atoms with Gasteiger partial charge >= 0.3 is 0 Å². The third kappa shape index (κ3) is 4.10. The molecule has 0 saturated carbocycles. The van der Waals surface area contributed by atoms with Crippen LogP contribution in [0.5, 0.6) is 0 Å². The minimum absolute atomic E-state index is 0.552. The second-order valence-corrected chi connectivity index (χ2v) is 7.74. The first kappa shape index (κ1) is 19.8. The number of nitrogens with one attached hydrogen (secondary N) is 1. The quantitative estimate of drug-likeness (QED) is 0.458. The van der Waals surface area contributed by atoms with Gasteiger partial charge in [-0.25, -0.2) is 15.0 Å². The van der Waals surface area contributed by atoms with E-state index in [9.17, 15) is 0 Å². The molecule has 0 aliphatic heterocycles. The third-order valence-electron chi connectivity index (χ3n) is 5.34. The van der Waals surface area contributed by atoms with Crippen LogP contribution in [0, 0.1) is 27.7 Å². The fraction of sp³-hybridized carbons (Fsp3) is 0.240. The maximum Gasteiger partial charge on any atom is 0.229 e. The molecule has 0 radical (unpaired) electrons. The zero-order valence-corrected chi connectivity index (χ0v) is 18.2. The lowest BCUT2D eigenvalue weighted by atomic mass is 10.1. The summed E-state index contributed by atoms with van der Waals surface area (Å²) in [5.74, 6) is 1.24. The van der Waals surface area contributed by atoms with Crippen LogP contribution >= 0.6 is 0 Å². The standard InChI is InChI=1S/C25H27N5/c1-6-20-8-10-21(11-9-20)23-15-30(22-12-7-16(2)17(3)13-22)25(28-23)29-24-26-18(4)14-19(5)27-24/h7-15H,6H2,1-5H3,(H,26,27,28,29). The van der Waals surface area contributed by atoms with Crippen LogP contribution in [0.2, 0.25) is 0 Å². The number of hydrogen-bond donors (Lipinski definition) is 1. The average Bonchev–Trinajstić information content (AvgIpc) is 3.13. The van der Waals surface area contributed by atoms with Crippen molar-refractivity contribution < 1.29 is 0 Å². The smallest absolute Gasteiger partial charge is 0.229 e. The molecule has 0 fully saturated rings. The Bertz CT molecular complexity index is 1170. The molecule has 30 heavy (non-hydrogen) atoms. The van der Waals surface area contributed by atoms with Crippen LogP contribution < -0.4 is 5.32 Å². The maximum atomic E-state index is 4.89. The number of aromatic nitrogens is 4. The summed E-state index contributed by atoms with van der Waals surface area (Å²) >= 11 is 0. The van der Waals surface area contributed by atoms with Crippen LogP contribution in [0.1, 0.15) is 35.0 Å². The topological polar surface area (TPSA) is 55.6 Å². The van der Waals surface area contributed by atoms with Crippen LogP contribution in [0.3, 0.4) is 0 Å². The summed E-state index contributed by atoms with van der Waals surface area (Å²) < 4.78 is 2.07. The highest BCUT2D eigenvalue weighted by molar-refractivity contribution is 5.64. The number of imidazole rings is 1. The van der Waals surface area contributed by atoms with Crippen LogP contribution in [0.25, 0.3) is 16.9 Å². The Kier molecular flexibility index (Phi) is 5.36. The van der Waals surface area contributed by atoms with Gasteiger partial charge in [0.1, 0.15) is 0 Å². The molecule has 4 aromatic rings. The van der Waals surface area contributed by atoms with E-state index in [4.69, 9.17) is 4.98 Å². The van der Waals surface area contributed by atoms with Crippen molar-refractivity contribution in [1.82, 2.24) is 19.5 Å². The summed E-state index contributed by atoms with van der Waals surface area (Å²) in [5, 5.41) is 3.33. The Balaban J connectivity index is 1.80. The molecule has 0 aliphatic rings. The number of nitrogens with zero attached hydrogens (tertiary/aromatic N) is 4. The molecule has 5 nitrogen and oxygen atoms in total. The van der Waals surface area contributed by atoms with Crippen LogP contribution in [-0.4, -0.2) is 19.5 Å². The van der Waals surface area contributed by atoms with Crippen molar-refractivity contribution in [2.24, 2.45) is 0 Å². The monoisotopic (exact) mass is 397 g/mol. The molecule has 0 unspecified atom stereocenters. The molecular formula is C25H27N5. The van der Waals surface area contributed by atoms with Crippen molar-refractivity contribution >= 4 is 11.9 Å². The maximum absolute atomic E-state index is 4.89. The predicted octanol–water partition coefficient (Wildman–Crippen LogP) is 5.87. The molecule has 0 spiro atoms. The van der Waals surface area contributed by atoms with Gasteiger partial charge in [-0.3, -0.25) is 9.88 Å². The van der Waals surface area contributed by atoms with Gasteiger partial charge < -0.3 is 0 Å². The van der Waals surface area contributed by atoms with E-state index in [1.165, 1.54) is 16.7 Å². The molecule has 5 heteroatoms. The number of aryl methyl sites for hydroxylation is 5. The summed E-state index contributed by atoms with van der Waals surface area (Å²) in [7, 11) is 0. The van der Waals surface area contributed by atoms with E-state index in [-0.39, 0.29) is 0 Å². The molecule has 0 bridgehead atoms. The van der Waals surface area contributed by atoms with Gasteiger partial charge in [-0.05, 0) is 69.0 Å². The van der Waals surface area contributed by atoms with Crippen molar-refractivity contribution in [2.45, 2.75) is 41.0 Å². The zero-order chi connectivity index (χ0) is 21.3. The van der Waals surface area contributed by atoms with Crippen LogP contribution in [0.15, 0.2) is 54.7 Å². The SMILES string of the molecule is CCc1ccc(-c2cn(-c3ccc(C)c(C)c3)c(Nc3nc(C)cc(C)n3)n2)cc1. The summed E-state index contributed by atoms with van der Waals surface area (Å²) in [6, 6.07) is 17.0. The van der Waals surface area contributed by atoms with Gasteiger partial charge in [0, 0.05) is 28.8 Å². The van der Waals surface area contributed by atoms with Gasteiger partial charge in [-0.2, -0.15) is 0 Å². The van der Waals surface area contributed by atoms with Crippen molar-refractivity contribution in [3.63, 3.8) is 0 Å². The fourth-order valence-electron chi connectivity index (χ4n) is 3.47. The Hall–Kier alpha value is -3.47. The summed E-state index contributed by atoms with van der Waals surface area (Å²) in [6.45, 7) is 10.3. The van der Waals surface area contributed by atoms with E-state index >= 15 is 0 Å². The van der Waals surface area contributed by atoms with E-state index < -0.39 is 0 Å².